The highest BCUT2D eigenvalue weighted by Crippen LogP contribution is 2.21. The highest BCUT2D eigenvalue weighted by molar-refractivity contribution is 5.93. The summed E-state index contributed by atoms with van der Waals surface area (Å²) in [5.74, 6) is -0.0674. The summed E-state index contributed by atoms with van der Waals surface area (Å²) in [5, 5.41) is 2.86. The van der Waals surface area contributed by atoms with Gasteiger partial charge in [-0.3, -0.25) is 9.69 Å². The van der Waals surface area contributed by atoms with E-state index in [0.717, 1.165) is 11.3 Å². The summed E-state index contributed by atoms with van der Waals surface area (Å²) in [6.45, 7) is 2.98. The van der Waals surface area contributed by atoms with Crippen molar-refractivity contribution < 1.29 is 14.3 Å². The summed E-state index contributed by atoms with van der Waals surface area (Å²) in [6.07, 6.45) is 0.00155. The van der Waals surface area contributed by atoms with E-state index in [1.807, 2.05) is 31.2 Å². The molecule has 1 saturated heterocycles. The topological polar surface area (TPSA) is 58.6 Å². The maximum Gasteiger partial charge on any atom is 0.414 e. The first kappa shape index (κ1) is 15.1. The summed E-state index contributed by atoms with van der Waals surface area (Å²) in [6, 6.07) is 15.1. The number of aryl methyl sites for hydroxylation is 1. The van der Waals surface area contributed by atoms with E-state index in [-0.39, 0.29) is 12.0 Å². The molecule has 0 atom stereocenters. The van der Waals surface area contributed by atoms with Crippen LogP contribution in [0.5, 0.6) is 0 Å². The van der Waals surface area contributed by atoms with Gasteiger partial charge in [-0.05, 0) is 36.8 Å². The Morgan fingerprint density at radius 2 is 1.83 bits per heavy atom. The number of ether oxygens (including phenoxy) is 1. The zero-order valence-electron chi connectivity index (χ0n) is 12.9. The minimum absolute atomic E-state index is 0.0674. The molecule has 0 spiro atoms. The van der Waals surface area contributed by atoms with E-state index in [2.05, 4.69) is 5.32 Å². The molecule has 5 heteroatoms. The lowest BCUT2D eigenvalue weighted by molar-refractivity contribution is -0.115. The van der Waals surface area contributed by atoms with E-state index in [9.17, 15) is 9.59 Å². The molecule has 2 amide bonds. The van der Waals surface area contributed by atoms with Crippen LogP contribution in [0.2, 0.25) is 0 Å². The van der Waals surface area contributed by atoms with Crippen molar-refractivity contribution in [3.05, 3.63) is 59.7 Å². The number of hydrogen-bond donors (Lipinski definition) is 1. The number of rotatable bonds is 4. The molecule has 2 aromatic rings. The lowest BCUT2D eigenvalue weighted by atomic mass is 10.1. The molecule has 2 aromatic carbocycles. The first-order valence-corrected chi connectivity index (χ1v) is 7.51. The molecule has 0 bridgehead atoms. The van der Waals surface area contributed by atoms with Crippen LogP contribution in [0.3, 0.4) is 0 Å². The molecular weight excluding hydrogens is 292 g/mol. The molecule has 0 radical (unpaired) electrons. The van der Waals surface area contributed by atoms with Gasteiger partial charge >= 0.3 is 6.09 Å². The second kappa shape index (κ2) is 6.52. The molecule has 5 nitrogen and oxygen atoms in total. The van der Waals surface area contributed by atoms with Gasteiger partial charge in [0.05, 0.1) is 13.0 Å². The van der Waals surface area contributed by atoms with Gasteiger partial charge in [0.2, 0.25) is 5.91 Å². The van der Waals surface area contributed by atoms with Crippen molar-refractivity contribution in [2.24, 2.45) is 0 Å². The second-order valence-corrected chi connectivity index (χ2v) is 5.52. The number of amides is 2. The van der Waals surface area contributed by atoms with Crippen molar-refractivity contribution >= 4 is 23.4 Å². The molecule has 0 aromatic heterocycles. The van der Waals surface area contributed by atoms with Gasteiger partial charge in [0.1, 0.15) is 6.61 Å². The third kappa shape index (κ3) is 3.69. The largest absolute Gasteiger partial charge is 0.447 e. The van der Waals surface area contributed by atoms with Gasteiger partial charge in [-0.25, -0.2) is 4.79 Å². The molecule has 1 aliphatic rings. The third-order valence-corrected chi connectivity index (χ3v) is 3.71. The maximum absolute atomic E-state index is 12.1. The van der Waals surface area contributed by atoms with Crippen LogP contribution in [0.1, 0.15) is 11.1 Å². The van der Waals surface area contributed by atoms with E-state index in [0.29, 0.717) is 25.3 Å². The molecular formula is C18H18N2O3. The van der Waals surface area contributed by atoms with Gasteiger partial charge in [0.25, 0.3) is 0 Å². The van der Waals surface area contributed by atoms with Crippen molar-refractivity contribution in [1.29, 1.82) is 0 Å². The first-order valence-electron chi connectivity index (χ1n) is 7.51. The zero-order valence-corrected chi connectivity index (χ0v) is 12.9. The van der Waals surface area contributed by atoms with E-state index < -0.39 is 0 Å². The van der Waals surface area contributed by atoms with Crippen molar-refractivity contribution in [2.45, 2.75) is 13.3 Å². The summed E-state index contributed by atoms with van der Waals surface area (Å²) >= 11 is 0. The van der Waals surface area contributed by atoms with Crippen molar-refractivity contribution in [3.63, 3.8) is 0 Å². The highest BCUT2D eigenvalue weighted by atomic mass is 16.6. The lowest BCUT2D eigenvalue weighted by Crippen LogP contribution is -2.23. The van der Waals surface area contributed by atoms with Crippen LogP contribution in [0.4, 0.5) is 16.2 Å². The summed E-state index contributed by atoms with van der Waals surface area (Å²) in [7, 11) is 0. The SMILES string of the molecule is Cc1ccc(CC(=O)Nc2ccc(N3CCOC3=O)cc2)cc1. The minimum Gasteiger partial charge on any atom is -0.447 e. The number of hydrogen-bond acceptors (Lipinski definition) is 3. The fourth-order valence-electron chi connectivity index (χ4n) is 2.45. The van der Waals surface area contributed by atoms with E-state index >= 15 is 0 Å². The molecule has 1 aliphatic heterocycles. The Morgan fingerprint density at radius 1 is 1.13 bits per heavy atom. The quantitative estimate of drug-likeness (QED) is 0.944. The number of nitrogens with zero attached hydrogens (tertiary/aromatic N) is 1. The van der Waals surface area contributed by atoms with Crippen molar-refractivity contribution in [3.8, 4) is 0 Å². The monoisotopic (exact) mass is 310 g/mol. The Labute approximate surface area is 134 Å². The average molecular weight is 310 g/mol. The average Bonchev–Trinajstić information content (AvgIpc) is 2.96. The minimum atomic E-state index is -0.332. The van der Waals surface area contributed by atoms with Crippen molar-refractivity contribution in [1.82, 2.24) is 0 Å². The van der Waals surface area contributed by atoms with Crippen LogP contribution in [0.15, 0.2) is 48.5 Å². The predicted molar refractivity (Wildman–Crippen MR) is 88.6 cm³/mol. The second-order valence-electron chi connectivity index (χ2n) is 5.52. The van der Waals surface area contributed by atoms with Crippen LogP contribution < -0.4 is 10.2 Å². The van der Waals surface area contributed by atoms with Gasteiger partial charge in [-0.2, -0.15) is 0 Å². The van der Waals surface area contributed by atoms with Crippen LogP contribution in [-0.2, 0) is 16.0 Å². The summed E-state index contributed by atoms with van der Waals surface area (Å²) < 4.78 is 4.91. The standard InChI is InChI=1S/C18H18N2O3/c1-13-2-4-14(5-3-13)12-17(21)19-15-6-8-16(9-7-15)20-10-11-23-18(20)22/h2-9H,10-12H2,1H3,(H,19,21). The Bertz CT molecular complexity index is 708. The number of anilines is 2. The number of benzene rings is 2. The molecule has 23 heavy (non-hydrogen) atoms. The molecule has 0 saturated carbocycles. The Hall–Kier alpha value is -2.82. The number of cyclic esters (lactones) is 1. The molecule has 1 N–H and O–H groups in total. The predicted octanol–water partition coefficient (Wildman–Crippen LogP) is 3.13. The van der Waals surface area contributed by atoms with Crippen LogP contribution in [0, 0.1) is 6.92 Å². The summed E-state index contributed by atoms with van der Waals surface area (Å²) in [4.78, 5) is 25.1. The first-order chi connectivity index (χ1) is 11.1. The highest BCUT2D eigenvalue weighted by Gasteiger charge is 2.23. The van der Waals surface area contributed by atoms with Crippen molar-refractivity contribution in [2.75, 3.05) is 23.4 Å². The molecule has 3 rings (SSSR count). The van der Waals surface area contributed by atoms with E-state index in [4.69, 9.17) is 4.74 Å². The van der Waals surface area contributed by atoms with Crippen LogP contribution in [0.25, 0.3) is 0 Å². The number of carbonyl (C=O) groups excluding carboxylic acids is 2. The van der Waals surface area contributed by atoms with Gasteiger partial charge in [-0.1, -0.05) is 29.8 Å². The van der Waals surface area contributed by atoms with Gasteiger partial charge < -0.3 is 10.1 Å². The van der Waals surface area contributed by atoms with Crippen LogP contribution in [-0.4, -0.2) is 25.2 Å². The van der Waals surface area contributed by atoms with Gasteiger partial charge in [0.15, 0.2) is 0 Å². The van der Waals surface area contributed by atoms with Gasteiger partial charge in [0, 0.05) is 11.4 Å². The van der Waals surface area contributed by atoms with E-state index in [1.165, 1.54) is 5.56 Å². The zero-order chi connectivity index (χ0) is 16.2. The van der Waals surface area contributed by atoms with Gasteiger partial charge in [-0.15, -0.1) is 0 Å². The molecule has 0 aliphatic carbocycles. The fourth-order valence-corrected chi connectivity index (χ4v) is 2.45. The smallest absolute Gasteiger partial charge is 0.414 e. The Balaban J connectivity index is 1.60. The molecule has 118 valence electrons. The maximum atomic E-state index is 12.1. The molecule has 1 fully saturated rings. The number of nitrogens with one attached hydrogen (secondary N) is 1. The molecule has 1 heterocycles. The molecule has 0 unspecified atom stereocenters. The van der Waals surface area contributed by atoms with E-state index in [1.54, 1.807) is 29.2 Å². The summed E-state index contributed by atoms with van der Waals surface area (Å²) in [5.41, 5.74) is 3.62. The fraction of sp³-hybridized carbons (Fsp3) is 0.222. The van der Waals surface area contributed by atoms with Crippen LogP contribution >= 0.6 is 0 Å². The normalized spacial score (nSPS) is 13.8. The third-order valence-electron chi connectivity index (χ3n) is 3.71. The Morgan fingerprint density at radius 3 is 2.43 bits per heavy atom. The lowest BCUT2D eigenvalue weighted by Gasteiger charge is -2.13. The Kier molecular flexibility index (Phi) is 4.28. The number of carbonyl (C=O) groups is 2.